The first-order chi connectivity index (χ1) is 16.2. The van der Waals surface area contributed by atoms with Crippen LogP contribution in [0.5, 0.6) is 0 Å². The second-order valence-electron chi connectivity index (χ2n) is 8.61. The number of H-pyrrole nitrogens is 3. The van der Waals surface area contributed by atoms with Crippen LogP contribution in [-0.2, 0) is 11.2 Å². The first kappa shape index (κ1) is 20.0. The molecule has 0 atom stereocenters. The van der Waals surface area contributed by atoms with E-state index in [1.165, 1.54) is 11.1 Å². The van der Waals surface area contributed by atoms with Crippen molar-refractivity contribution in [2.75, 3.05) is 32.8 Å². The van der Waals surface area contributed by atoms with E-state index in [2.05, 4.69) is 55.4 Å². The number of hydrogen-bond donors (Lipinski definition) is 3. The fourth-order valence-corrected chi connectivity index (χ4v) is 4.60. The van der Waals surface area contributed by atoms with Gasteiger partial charge in [0, 0.05) is 42.6 Å². The molecular formula is C26H25N5O2. The van der Waals surface area contributed by atoms with Crippen molar-refractivity contribution >= 4 is 17.0 Å². The fraction of sp³-hybridized carbons (Fsp3) is 0.231. The highest BCUT2D eigenvalue weighted by Crippen LogP contribution is 2.27. The lowest BCUT2D eigenvalue weighted by atomic mass is 10.1. The second-order valence-corrected chi connectivity index (χ2v) is 8.61. The summed E-state index contributed by atoms with van der Waals surface area (Å²) >= 11 is 0. The molecule has 0 unspecified atom stereocenters. The monoisotopic (exact) mass is 439 g/mol. The van der Waals surface area contributed by atoms with Crippen LogP contribution in [0.1, 0.15) is 11.3 Å². The first-order valence-corrected chi connectivity index (χ1v) is 11.3. The third kappa shape index (κ3) is 3.97. The van der Waals surface area contributed by atoms with E-state index in [9.17, 15) is 4.79 Å². The van der Waals surface area contributed by atoms with Crippen molar-refractivity contribution in [3.05, 3.63) is 81.9 Å². The molecule has 0 saturated carbocycles. The first-order valence-electron chi connectivity index (χ1n) is 11.3. The van der Waals surface area contributed by atoms with E-state index in [1.807, 2.05) is 24.3 Å². The number of benzene rings is 1. The zero-order chi connectivity index (χ0) is 22.2. The minimum atomic E-state index is -0.0965. The van der Waals surface area contributed by atoms with E-state index in [1.54, 1.807) is 6.20 Å². The van der Waals surface area contributed by atoms with Crippen LogP contribution in [0.15, 0.2) is 65.1 Å². The predicted octanol–water partition coefficient (Wildman–Crippen LogP) is 3.74. The lowest BCUT2D eigenvalue weighted by Crippen LogP contribution is -2.37. The molecule has 7 nitrogen and oxygen atoms in total. The van der Waals surface area contributed by atoms with Gasteiger partial charge < -0.3 is 14.7 Å². The molecule has 1 aromatic carbocycles. The molecule has 3 aromatic heterocycles. The zero-order valence-electron chi connectivity index (χ0n) is 18.2. The van der Waals surface area contributed by atoms with E-state index < -0.39 is 0 Å². The average molecular weight is 440 g/mol. The summed E-state index contributed by atoms with van der Waals surface area (Å²) in [6, 6.07) is 12.0. The van der Waals surface area contributed by atoms with Crippen LogP contribution in [0.25, 0.3) is 39.5 Å². The Morgan fingerprint density at radius 3 is 2.76 bits per heavy atom. The summed E-state index contributed by atoms with van der Waals surface area (Å²) < 4.78 is 5.45. The number of pyridine rings is 1. The van der Waals surface area contributed by atoms with Crippen LogP contribution in [-0.4, -0.2) is 57.9 Å². The molecule has 0 spiro atoms. The van der Waals surface area contributed by atoms with Crippen molar-refractivity contribution < 1.29 is 4.74 Å². The van der Waals surface area contributed by atoms with E-state index in [4.69, 9.17) is 4.74 Å². The number of aromatic amines is 3. The molecule has 4 aromatic rings. The molecule has 4 heterocycles. The van der Waals surface area contributed by atoms with E-state index in [0.717, 1.165) is 72.8 Å². The molecule has 0 bridgehead atoms. The molecule has 1 saturated heterocycles. The van der Waals surface area contributed by atoms with Gasteiger partial charge in [-0.2, -0.15) is 5.10 Å². The molecule has 1 aliphatic heterocycles. The van der Waals surface area contributed by atoms with Gasteiger partial charge in [0.1, 0.15) is 0 Å². The van der Waals surface area contributed by atoms with Crippen molar-refractivity contribution in [3.63, 3.8) is 0 Å². The van der Waals surface area contributed by atoms with Crippen molar-refractivity contribution in [1.82, 2.24) is 25.1 Å². The molecule has 2 aliphatic rings. The quantitative estimate of drug-likeness (QED) is 0.452. The molecule has 0 amide bonds. The maximum absolute atomic E-state index is 12.9. The van der Waals surface area contributed by atoms with E-state index in [0.29, 0.717) is 5.56 Å². The van der Waals surface area contributed by atoms with Crippen molar-refractivity contribution in [2.45, 2.75) is 6.42 Å². The summed E-state index contributed by atoms with van der Waals surface area (Å²) in [5.41, 5.74) is 7.75. The molecule has 33 heavy (non-hydrogen) atoms. The summed E-state index contributed by atoms with van der Waals surface area (Å²) in [6.45, 7) is 4.52. The van der Waals surface area contributed by atoms with E-state index in [-0.39, 0.29) is 5.56 Å². The van der Waals surface area contributed by atoms with Crippen LogP contribution in [0.2, 0.25) is 0 Å². The molecule has 3 N–H and O–H groups in total. The van der Waals surface area contributed by atoms with Gasteiger partial charge in [-0.25, -0.2) is 0 Å². The van der Waals surface area contributed by atoms with Gasteiger partial charge in [-0.1, -0.05) is 18.2 Å². The van der Waals surface area contributed by atoms with Crippen LogP contribution < -0.4 is 5.56 Å². The van der Waals surface area contributed by atoms with Crippen molar-refractivity contribution in [2.24, 2.45) is 0 Å². The highest BCUT2D eigenvalue weighted by atomic mass is 16.5. The third-order valence-corrected chi connectivity index (χ3v) is 6.44. The molecule has 0 radical (unpaired) electrons. The number of aromatic nitrogens is 4. The maximum Gasteiger partial charge on any atom is 0.257 e. The van der Waals surface area contributed by atoms with Crippen LogP contribution in [0.3, 0.4) is 0 Å². The minimum Gasteiger partial charge on any atom is -0.379 e. The summed E-state index contributed by atoms with van der Waals surface area (Å²) in [4.78, 5) is 21.8. The minimum absolute atomic E-state index is 0.0965. The average Bonchev–Trinajstić information content (AvgIpc) is 3.48. The SMILES string of the molecule is O=c1[nH]c2ccc(-c3ccn[nH]3)cc2cc1-c1cc2c([nH]1)C=CC(CN1CCOCC1)=CC2. The highest BCUT2D eigenvalue weighted by molar-refractivity contribution is 5.87. The lowest BCUT2D eigenvalue weighted by molar-refractivity contribution is 0.0426. The van der Waals surface area contributed by atoms with Gasteiger partial charge in [0.05, 0.1) is 30.2 Å². The zero-order valence-corrected chi connectivity index (χ0v) is 18.2. The summed E-state index contributed by atoms with van der Waals surface area (Å²) in [5, 5.41) is 8.00. The number of ether oxygens (including phenoxy) is 1. The maximum atomic E-state index is 12.9. The van der Waals surface area contributed by atoms with Crippen molar-refractivity contribution in [1.29, 1.82) is 0 Å². The van der Waals surface area contributed by atoms with Crippen LogP contribution in [0.4, 0.5) is 0 Å². The van der Waals surface area contributed by atoms with Gasteiger partial charge >= 0.3 is 0 Å². The predicted molar refractivity (Wildman–Crippen MR) is 130 cm³/mol. The number of allylic oxidation sites excluding steroid dienone is 1. The summed E-state index contributed by atoms with van der Waals surface area (Å²) in [7, 11) is 0. The number of rotatable bonds is 4. The Morgan fingerprint density at radius 1 is 1.00 bits per heavy atom. The van der Waals surface area contributed by atoms with Crippen molar-refractivity contribution in [3.8, 4) is 22.5 Å². The Balaban J connectivity index is 1.29. The Hall–Kier alpha value is -3.68. The molecule has 6 rings (SSSR count). The summed E-state index contributed by atoms with van der Waals surface area (Å²) in [5.74, 6) is 0. The Kier molecular flexibility index (Phi) is 5.05. The number of fused-ring (bicyclic) bond motifs is 2. The smallest absolute Gasteiger partial charge is 0.257 e. The van der Waals surface area contributed by atoms with E-state index >= 15 is 0 Å². The molecule has 7 heteroatoms. The van der Waals surface area contributed by atoms with Crippen LogP contribution in [0, 0.1) is 0 Å². The Morgan fingerprint density at radius 2 is 1.91 bits per heavy atom. The normalized spacial score (nSPS) is 16.5. The second kappa shape index (κ2) is 8.35. The Bertz CT molecular complexity index is 1420. The van der Waals surface area contributed by atoms with Gasteiger partial charge in [-0.05, 0) is 59.4 Å². The lowest BCUT2D eigenvalue weighted by Gasteiger charge is -2.26. The standard InChI is InChI=1S/C26H25N5O2/c32-26-21(14-20-13-18(4-6-23(20)29-26)24-7-8-27-30-24)25-15-19-3-1-17(2-5-22(19)28-25)16-31-9-11-33-12-10-31/h1-2,4-8,13-15,28H,3,9-12,16H2,(H,27,30)(H,29,32). The number of nitrogens with zero attached hydrogens (tertiary/aromatic N) is 2. The molecule has 1 fully saturated rings. The topological polar surface area (TPSA) is 89.8 Å². The number of morpholine rings is 1. The van der Waals surface area contributed by atoms with Gasteiger partial charge in [-0.3, -0.25) is 14.8 Å². The third-order valence-electron chi connectivity index (χ3n) is 6.44. The molecule has 166 valence electrons. The van der Waals surface area contributed by atoms with Crippen LogP contribution >= 0.6 is 0 Å². The molecular weight excluding hydrogens is 414 g/mol. The van der Waals surface area contributed by atoms with Gasteiger partial charge in [0.2, 0.25) is 0 Å². The highest BCUT2D eigenvalue weighted by Gasteiger charge is 2.15. The largest absolute Gasteiger partial charge is 0.379 e. The molecule has 1 aliphatic carbocycles. The number of hydrogen-bond acceptors (Lipinski definition) is 4. The van der Waals surface area contributed by atoms with Gasteiger partial charge in [0.25, 0.3) is 5.56 Å². The number of nitrogens with one attached hydrogen (secondary N) is 3. The fourth-order valence-electron chi connectivity index (χ4n) is 4.60. The van der Waals surface area contributed by atoms with Gasteiger partial charge in [0.15, 0.2) is 0 Å². The van der Waals surface area contributed by atoms with Gasteiger partial charge in [-0.15, -0.1) is 0 Å². The summed E-state index contributed by atoms with van der Waals surface area (Å²) in [6.07, 6.45) is 9.18. The Labute approximate surface area is 190 Å².